The highest BCUT2D eigenvalue weighted by molar-refractivity contribution is 6.29. The van der Waals surface area contributed by atoms with E-state index in [1.54, 1.807) is 39.1 Å². The Hall–Kier alpha value is -2.14. The van der Waals surface area contributed by atoms with Crippen molar-refractivity contribution in [3.05, 3.63) is 59.1 Å². The first kappa shape index (κ1) is 17.2. The number of anilines is 1. The van der Waals surface area contributed by atoms with Gasteiger partial charge in [0.2, 0.25) is 0 Å². The average molecular weight is 337 g/mol. The van der Waals surface area contributed by atoms with Crippen molar-refractivity contribution in [1.82, 2.24) is 4.98 Å². The Morgan fingerprint density at radius 1 is 1.22 bits per heavy atom. The quantitative estimate of drug-likeness (QED) is 0.755. The lowest BCUT2D eigenvalue weighted by Gasteiger charge is -2.27. The normalized spacial score (nSPS) is 11.2. The van der Waals surface area contributed by atoms with E-state index in [9.17, 15) is 9.18 Å². The van der Waals surface area contributed by atoms with Gasteiger partial charge >= 0.3 is 6.09 Å². The van der Waals surface area contributed by atoms with Crippen molar-refractivity contribution in [2.45, 2.75) is 32.9 Å². The van der Waals surface area contributed by atoms with Crippen LogP contribution in [0.1, 0.15) is 26.3 Å². The van der Waals surface area contributed by atoms with Gasteiger partial charge in [0.05, 0.1) is 6.54 Å². The molecule has 2 aromatic rings. The lowest BCUT2D eigenvalue weighted by Crippen LogP contribution is -2.36. The van der Waals surface area contributed by atoms with Gasteiger partial charge in [-0.2, -0.15) is 0 Å². The van der Waals surface area contributed by atoms with Gasteiger partial charge in [-0.05, 0) is 56.7 Å². The molecule has 23 heavy (non-hydrogen) atoms. The predicted octanol–water partition coefficient (Wildman–Crippen LogP) is 4.82. The molecule has 1 aromatic carbocycles. The van der Waals surface area contributed by atoms with Crippen LogP contribution < -0.4 is 4.90 Å². The molecule has 0 atom stereocenters. The largest absolute Gasteiger partial charge is 0.443 e. The van der Waals surface area contributed by atoms with Crippen LogP contribution in [0.15, 0.2) is 42.6 Å². The summed E-state index contributed by atoms with van der Waals surface area (Å²) in [5, 5.41) is 0.374. The summed E-state index contributed by atoms with van der Waals surface area (Å²) >= 11 is 5.77. The molecule has 0 radical (unpaired) electrons. The van der Waals surface area contributed by atoms with Crippen LogP contribution in [0.4, 0.5) is 14.9 Å². The maximum atomic E-state index is 13.1. The van der Waals surface area contributed by atoms with Crippen LogP contribution in [0.2, 0.25) is 5.15 Å². The molecule has 1 amide bonds. The Kier molecular flexibility index (Phi) is 5.21. The maximum absolute atomic E-state index is 13.1. The summed E-state index contributed by atoms with van der Waals surface area (Å²) < 4.78 is 18.6. The highest BCUT2D eigenvalue weighted by atomic mass is 35.5. The van der Waals surface area contributed by atoms with E-state index in [2.05, 4.69) is 4.98 Å². The topological polar surface area (TPSA) is 42.4 Å². The molecule has 122 valence electrons. The Morgan fingerprint density at radius 3 is 2.39 bits per heavy atom. The first-order valence-electron chi connectivity index (χ1n) is 7.11. The molecule has 2 rings (SSSR count). The SMILES string of the molecule is CC(C)(C)OC(=O)N(Cc1ccc(Cl)nc1)c1ccc(F)cc1. The zero-order valence-electron chi connectivity index (χ0n) is 13.2. The van der Waals surface area contributed by atoms with E-state index in [0.29, 0.717) is 10.8 Å². The molecule has 0 N–H and O–H groups in total. The van der Waals surface area contributed by atoms with Crippen molar-refractivity contribution < 1.29 is 13.9 Å². The number of hydrogen-bond donors (Lipinski definition) is 0. The molecule has 0 saturated carbocycles. The van der Waals surface area contributed by atoms with Crippen molar-refractivity contribution in [3.63, 3.8) is 0 Å². The first-order valence-corrected chi connectivity index (χ1v) is 7.49. The van der Waals surface area contributed by atoms with Crippen LogP contribution in [0.3, 0.4) is 0 Å². The summed E-state index contributed by atoms with van der Waals surface area (Å²) in [7, 11) is 0. The summed E-state index contributed by atoms with van der Waals surface area (Å²) in [5.41, 5.74) is 0.688. The average Bonchev–Trinajstić information content (AvgIpc) is 2.46. The molecule has 0 spiro atoms. The van der Waals surface area contributed by atoms with E-state index in [1.807, 2.05) is 0 Å². The lowest BCUT2D eigenvalue weighted by molar-refractivity contribution is 0.0577. The number of halogens is 2. The zero-order valence-corrected chi connectivity index (χ0v) is 14.0. The number of carbonyl (C=O) groups is 1. The molecule has 0 bridgehead atoms. The molecule has 0 unspecified atom stereocenters. The number of pyridine rings is 1. The van der Waals surface area contributed by atoms with Crippen LogP contribution in [0.5, 0.6) is 0 Å². The van der Waals surface area contributed by atoms with Gasteiger partial charge in [-0.1, -0.05) is 17.7 Å². The minimum absolute atomic E-state index is 0.241. The molecular weight excluding hydrogens is 319 g/mol. The van der Waals surface area contributed by atoms with Crippen LogP contribution in [0, 0.1) is 5.82 Å². The van der Waals surface area contributed by atoms with Gasteiger partial charge in [0.25, 0.3) is 0 Å². The van der Waals surface area contributed by atoms with Crippen molar-refractivity contribution in [2.75, 3.05) is 4.90 Å². The molecular formula is C17H18ClFN2O2. The predicted molar refractivity (Wildman–Crippen MR) is 88.1 cm³/mol. The molecule has 0 fully saturated rings. The number of nitrogens with zero attached hydrogens (tertiary/aromatic N) is 2. The summed E-state index contributed by atoms with van der Waals surface area (Å²) in [4.78, 5) is 17.9. The second kappa shape index (κ2) is 6.96. The van der Waals surface area contributed by atoms with Gasteiger partial charge < -0.3 is 4.74 Å². The maximum Gasteiger partial charge on any atom is 0.415 e. The fourth-order valence-electron chi connectivity index (χ4n) is 1.88. The highest BCUT2D eigenvalue weighted by Gasteiger charge is 2.23. The number of amides is 1. The van der Waals surface area contributed by atoms with Gasteiger partial charge in [-0.15, -0.1) is 0 Å². The number of carbonyl (C=O) groups excluding carboxylic acids is 1. The summed E-state index contributed by atoms with van der Waals surface area (Å²) in [5.74, 6) is -0.369. The third-order valence-corrected chi connectivity index (χ3v) is 3.11. The van der Waals surface area contributed by atoms with Crippen LogP contribution in [-0.4, -0.2) is 16.7 Å². The second-order valence-electron chi connectivity index (χ2n) is 6.03. The van der Waals surface area contributed by atoms with Crippen molar-refractivity contribution in [1.29, 1.82) is 0 Å². The Morgan fingerprint density at radius 2 is 1.87 bits per heavy atom. The van der Waals surface area contributed by atoms with E-state index in [0.717, 1.165) is 5.56 Å². The minimum Gasteiger partial charge on any atom is -0.443 e. The zero-order chi connectivity index (χ0) is 17.0. The van der Waals surface area contributed by atoms with E-state index in [-0.39, 0.29) is 12.4 Å². The highest BCUT2D eigenvalue weighted by Crippen LogP contribution is 2.21. The van der Waals surface area contributed by atoms with Crippen molar-refractivity contribution in [3.8, 4) is 0 Å². The monoisotopic (exact) mass is 336 g/mol. The first-order chi connectivity index (χ1) is 10.7. The van der Waals surface area contributed by atoms with E-state index < -0.39 is 11.7 Å². The second-order valence-corrected chi connectivity index (χ2v) is 6.42. The standard InChI is InChI=1S/C17H18ClFN2O2/c1-17(2,3)23-16(22)21(14-7-5-13(19)6-8-14)11-12-4-9-15(18)20-10-12/h4-10H,11H2,1-3H3. The number of aromatic nitrogens is 1. The van der Waals surface area contributed by atoms with E-state index in [1.165, 1.54) is 29.2 Å². The molecule has 0 saturated heterocycles. The number of hydrogen-bond acceptors (Lipinski definition) is 3. The summed E-state index contributed by atoms with van der Waals surface area (Å²) in [6.07, 6.45) is 1.07. The molecule has 1 aromatic heterocycles. The Balaban J connectivity index is 2.28. The Labute approximate surface area is 139 Å². The summed E-state index contributed by atoms with van der Waals surface area (Å²) in [6.45, 7) is 5.61. The molecule has 0 aliphatic carbocycles. The third kappa shape index (κ3) is 5.21. The fraction of sp³-hybridized carbons (Fsp3) is 0.294. The van der Waals surface area contributed by atoms with Gasteiger partial charge in [0.1, 0.15) is 16.6 Å². The van der Waals surface area contributed by atoms with Crippen LogP contribution in [0.25, 0.3) is 0 Å². The van der Waals surface area contributed by atoms with Gasteiger partial charge in [0, 0.05) is 11.9 Å². The van der Waals surface area contributed by atoms with E-state index in [4.69, 9.17) is 16.3 Å². The molecule has 6 heteroatoms. The van der Waals surface area contributed by atoms with Gasteiger partial charge in [-0.25, -0.2) is 14.2 Å². The number of rotatable bonds is 3. The number of benzene rings is 1. The minimum atomic E-state index is -0.631. The molecule has 0 aliphatic rings. The fourth-order valence-corrected chi connectivity index (χ4v) is 1.99. The summed E-state index contributed by atoms with van der Waals surface area (Å²) in [6, 6.07) is 9.08. The van der Waals surface area contributed by atoms with Crippen molar-refractivity contribution in [2.24, 2.45) is 0 Å². The number of ether oxygens (including phenoxy) is 1. The van der Waals surface area contributed by atoms with Gasteiger partial charge in [0.15, 0.2) is 0 Å². The Bertz CT molecular complexity index is 666. The van der Waals surface area contributed by atoms with E-state index >= 15 is 0 Å². The molecule has 1 heterocycles. The van der Waals surface area contributed by atoms with Gasteiger partial charge in [-0.3, -0.25) is 4.90 Å². The van der Waals surface area contributed by atoms with Crippen LogP contribution >= 0.6 is 11.6 Å². The van der Waals surface area contributed by atoms with Crippen LogP contribution in [-0.2, 0) is 11.3 Å². The molecule has 0 aliphatic heterocycles. The molecule has 4 nitrogen and oxygen atoms in total. The smallest absolute Gasteiger partial charge is 0.415 e. The lowest BCUT2D eigenvalue weighted by atomic mass is 10.2. The van der Waals surface area contributed by atoms with Crippen molar-refractivity contribution >= 4 is 23.4 Å². The third-order valence-electron chi connectivity index (χ3n) is 2.88.